The Morgan fingerprint density at radius 1 is 0.975 bits per heavy atom. The van der Waals surface area contributed by atoms with E-state index in [1.165, 1.54) is 22.3 Å². The molecule has 0 saturated carbocycles. The van der Waals surface area contributed by atoms with Crippen LogP contribution in [0.5, 0.6) is 0 Å². The number of benzene rings is 2. The van der Waals surface area contributed by atoms with E-state index >= 15 is 0 Å². The summed E-state index contributed by atoms with van der Waals surface area (Å²) < 4.78 is 0. The largest absolute Gasteiger partial charge is 0.339 e. The topological polar surface area (TPSA) is 65.7 Å². The number of amides is 1. The average Bonchev–Trinajstić information content (AvgIpc) is 3.01. The van der Waals surface area contributed by atoms with Gasteiger partial charge in [0, 0.05) is 50.5 Å². The highest BCUT2D eigenvalue weighted by molar-refractivity contribution is 7.98. The molecule has 5 rings (SSSR count). The number of piperazine rings is 1. The molecule has 8 heteroatoms. The van der Waals surface area contributed by atoms with Gasteiger partial charge in [0.25, 0.3) is 0 Å². The lowest BCUT2D eigenvalue weighted by atomic mass is 9.88. The van der Waals surface area contributed by atoms with Crippen molar-refractivity contribution in [1.29, 1.82) is 0 Å². The first kappa shape index (κ1) is 29.1. The molecule has 1 aromatic heterocycles. The normalized spacial score (nSPS) is 18.1. The Morgan fingerprint density at radius 3 is 2.45 bits per heavy atom. The minimum Gasteiger partial charge on any atom is -0.339 e. The number of likely N-dealkylation sites (tertiary alicyclic amines) is 1. The van der Waals surface area contributed by atoms with E-state index < -0.39 is 6.04 Å². The fourth-order valence-electron chi connectivity index (χ4n) is 5.99. The molecule has 2 aliphatic rings. The van der Waals surface area contributed by atoms with Crippen LogP contribution >= 0.6 is 23.4 Å². The number of carbonyl (C=O) groups is 1. The van der Waals surface area contributed by atoms with Gasteiger partial charge in [-0.05, 0) is 85.0 Å². The van der Waals surface area contributed by atoms with E-state index in [-0.39, 0.29) is 11.8 Å². The van der Waals surface area contributed by atoms with E-state index in [9.17, 15) is 4.79 Å². The van der Waals surface area contributed by atoms with Crippen molar-refractivity contribution in [3.8, 4) is 11.1 Å². The van der Waals surface area contributed by atoms with Crippen molar-refractivity contribution in [3.63, 3.8) is 0 Å². The minimum absolute atomic E-state index is 0.121. The van der Waals surface area contributed by atoms with Crippen molar-refractivity contribution >= 4 is 29.3 Å². The van der Waals surface area contributed by atoms with Crippen molar-refractivity contribution in [1.82, 2.24) is 19.7 Å². The zero-order valence-electron chi connectivity index (χ0n) is 23.3. The van der Waals surface area contributed by atoms with E-state index in [1.54, 1.807) is 11.8 Å². The van der Waals surface area contributed by atoms with Crippen LogP contribution in [-0.2, 0) is 17.8 Å². The van der Waals surface area contributed by atoms with Crippen LogP contribution < -0.4 is 5.73 Å². The Balaban J connectivity index is 1.08. The number of nitrogens with zero attached hydrogens (tertiary/aromatic N) is 4. The van der Waals surface area contributed by atoms with Crippen LogP contribution in [0.1, 0.15) is 24.0 Å². The van der Waals surface area contributed by atoms with Crippen molar-refractivity contribution in [2.45, 2.75) is 36.9 Å². The molecule has 0 spiro atoms. The Labute approximate surface area is 247 Å². The summed E-state index contributed by atoms with van der Waals surface area (Å²) in [5, 5.41) is 1.86. The number of halogens is 1. The zero-order valence-corrected chi connectivity index (χ0v) is 24.9. The monoisotopic (exact) mass is 577 g/mol. The summed E-state index contributed by atoms with van der Waals surface area (Å²) in [5.41, 5.74) is 11.6. The number of pyridine rings is 1. The zero-order chi connectivity index (χ0) is 27.9. The van der Waals surface area contributed by atoms with Crippen LogP contribution in [0.2, 0.25) is 5.02 Å². The molecule has 3 aromatic rings. The first-order valence-electron chi connectivity index (χ1n) is 14.3. The minimum atomic E-state index is -0.410. The Kier molecular flexibility index (Phi) is 10.2. The lowest BCUT2D eigenvalue weighted by Gasteiger charge is -2.39. The second-order valence-corrected chi connectivity index (χ2v) is 12.1. The standard InChI is InChI=1S/C32H40ClN5OS/c1-40-31-27(8-5-14-35-31)23-37-18-20-38(21-19-37)32(39)30(34)25-11-15-36(16-12-25)17-13-26-22-28(33)9-10-29(26)24-6-3-2-4-7-24/h2-10,14,22,25,30H,11-13,15-21,23,34H2,1H3/t30-/m1/s1. The first-order chi connectivity index (χ1) is 19.5. The van der Waals surface area contributed by atoms with Crippen LogP contribution in [0, 0.1) is 5.92 Å². The van der Waals surface area contributed by atoms with Gasteiger partial charge >= 0.3 is 0 Å². The lowest BCUT2D eigenvalue weighted by molar-refractivity contribution is -0.136. The lowest BCUT2D eigenvalue weighted by Crippen LogP contribution is -2.55. The Morgan fingerprint density at radius 2 is 1.73 bits per heavy atom. The molecule has 0 unspecified atom stereocenters. The van der Waals surface area contributed by atoms with Gasteiger partial charge in [0.1, 0.15) is 5.03 Å². The molecular weight excluding hydrogens is 538 g/mol. The van der Waals surface area contributed by atoms with E-state index in [0.29, 0.717) is 0 Å². The third-order valence-corrected chi connectivity index (χ3v) is 9.39. The van der Waals surface area contributed by atoms with E-state index in [1.807, 2.05) is 29.3 Å². The maximum atomic E-state index is 13.3. The first-order valence-corrected chi connectivity index (χ1v) is 15.9. The predicted octanol–water partition coefficient (Wildman–Crippen LogP) is 5.05. The molecule has 2 saturated heterocycles. The van der Waals surface area contributed by atoms with Crippen LogP contribution in [0.4, 0.5) is 0 Å². The maximum absolute atomic E-state index is 13.3. The molecule has 2 N–H and O–H groups in total. The second-order valence-electron chi connectivity index (χ2n) is 10.9. The van der Waals surface area contributed by atoms with Gasteiger partial charge in [0.15, 0.2) is 0 Å². The molecule has 40 heavy (non-hydrogen) atoms. The molecule has 0 bridgehead atoms. The third-order valence-electron chi connectivity index (χ3n) is 8.40. The van der Waals surface area contributed by atoms with E-state index in [2.05, 4.69) is 63.5 Å². The predicted molar refractivity (Wildman–Crippen MR) is 166 cm³/mol. The number of rotatable bonds is 9. The number of nitrogens with two attached hydrogens (primary N) is 1. The fraction of sp³-hybridized carbons (Fsp3) is 0.438. The third kappa shape index (κ3) is 7.25. The summed E-state index contributed by atoms with van der Waals surface area (Å²) in [4.78, 5) is 24.7. The fourth-order valence-corrected chi connectivity index (χ4v) is 6.75. The van der Waals surface area contributed by atoms with Crippen LogP contribution in [0.3, 0.4) is 0 Å². The molecule has 0 radical (unpaired) electrons. The molecular formula is C32H40ClN5OS. The van der Waals surface area contributed by atoms with Crippen LogP contribution in [0.15, 0.2) is 71.9 Å². The number of thioether (sulfide) groups is 1. The molecule has 1 amide bonds. The van der Waals surface area contributed by atoms with Gasteiger partial charge in [-0.2, -0.15) is 0 Å². The number of piperidine rings is 1. The quantitative estimate of drug-likeness (QED) is 0.359. The SMILES string of the molecule is CSc1ncccc1CN1CCN(C(=O)[C@H](N)C2CCN(CCc3cc(Cl)ccc3-c3ccccc3)CC2)CC1. The summed E-state index contributed by atoms with van der Waals surface area (Å²) in [7, 11) is 0. The highest BCUT2D eigenvalue weighted by Crippen LogP contribution is 2.28. The highest BCUT2D eigenvalue weighted by atomic mass is 35.5. The summed E-state index contributed by atoms with van der Waals surface area (Å²) in [6.45, 7) is 7.02. The van der Waals surface area contributed by atoms with Gasteiger partial charge in [-0.1, -0.05) is 54.1 Å². The van der Waals surface area contributed by atoms with Crippen molar-refractivity contribution in [2.75, 3.05) is 52.1 Å². The van der Waals surface area contributed by atoms with Gasteiger partial charge in [0.05, 0.1) is 6.04 Å². The number of carbonyl (C=O) groups excluding carboxylic acids is 1. The number of aromatic nitrogens is 1. The van der Waals surface area contributed by atoms with Gasteiger partial charge in [0.2, 0.25) is 5.91 Å². The van der Waals surface area contributed by atoms with Gasteiger partial charge < -0.3 is 15.5 Å². The average molecular weight is 578 g/mol. The van der Waals surface area contributed by atoms with Gasteiger partial charge in [-0.15, -0.1) is 11.8 Å². The molecule has 2 aliphatic heterocycles. The molecule has 6 nitrogen and oxygen atoms in total. The number of hydrogen-bond acceptors (Lipinski definition) is 6. The summed E-state index contributed by atoms with van der Waals surface area (Å²) in [5.74, 6) is 0.364. The maximum Gasteiger partial charge on any atom is 0.239 e. The van der Waals surface area contributed by atoms with Crippen LogP contribution in [-0.4, -0.2) is 83.7 Å². The van der Waals surface area contributed by atoms with E-state index in [4.69, 9.17) is 17.3 Å². The molecule has 1 atom stereocenters. The highest BCUT2D eigenvalue weighted by Gasteiger charge is 2.32. The van der Waals surface area contributed by atoms with Gasteiger partial charge in [-0.3, -0.25) is 9.69 Å². The molecule has 0 aliphatic carbocycles. The second kappa shape index (κ2) is 14.0. The number of hydrogen-bond donors (Lipinski definition) is 1. The molecule has 212 valence electrons. The molecule has 3 heterocycles. The Bertz CT molecular complexity index is 1260. The summed E-state index contributed by atoms with van der Waals surface area (Å²) >= 11 is 8.04. The van der Waals surface area contributed by atoms with Crippen molar-refractivity contribution in [3.05, 3.63) is 83.0 Å². The smallest absolute Gasteiger partial charge is 0.239 e. The van der Waals surface area contributed by atoms with E-state index in [0.717, 1.165) is 81.7 Å². The van der Waals surface area contributed by atoms with Crippen molar-refractivity contribution < 1.29 is 4.79 Å². The molecule has 2 fully saturated rings. The summed E-state index contributed by atoms with van der Waals surface area (Å²) in [6, 6.07) is 20.4. The molecule has 2 aromatic carbocycles. The van der Waals surface area contributed by atoms with Crippen molar-refractivity contribution in [2.24, 2.45) is 11.7 Å². The Hall–Kier alpha value is -2.42. The summed E-state index contributed by atoms with van der Waals surface area (Å²) in [6.07, 6.45) is 6.79. The van der Waals surface area contributed by atoms with Gasteiger partial charge in [-0.25, -0.2) is 4.98 Å². The van der Waals surface area contributed by atoms with Crippen LogP contribution in [0.25, 0.3) is 11.1 Å².